The van der Waals surface area contributed by atoms with Crippen LogP contribution in [0.2, 0.25) is 0 Å². The van der Waals surface area contributed by atoms with Gasteiger partial charge < -0.3 is 14.5 Å². The number of pyridine rings is 1. The zero-order valence-electron chi connectivity index (χ0n) is 18.2. The number of nitrogens with one attached hydrogen (secondary N) is 3. The molecule has 174 valence electrons. The highest BCUT2D eigenvalue weighted by atomic mass is 32.2. The number of aromatic amines is 1. The lowest BCUT2D eigenvalue weighted by Crippen LogP contribution is -2.14. The molecule has 2 aromatic carbocycles. The number of fused-ring (bicyclic) bond motifs is 1. The monoisotopic (exact) mass is 477 g/mol. The molecule has 0 bridgehead atoms. The van der Waals surface area contributed by atoms with Gasteiger partial charge in [0.15, 0.2) is 0 Å². The standard InChI is InChI=1S/C24H23N5O4S/c30-23(21-7-3-4-14-25-21)29-24-27-20-13-10-18(15-22(20)28-24)33-34(31,32)19-11-8-17(9-12-19)26-16-5-1-2-6-16/h3-4,7-16,26H,1-2,5-6H2,(H2,27,28,29,30). The van der Waals surface area contributed by atoms with Crippen molar-refractivity contribution in [3.63, 3.8) is 0 Å². The lowest BCUT2D eigenvalue weighted by atomic mass is 10.2. The average molecular weight is 478 g/mol. The number of carbonyl (C=O) groups excluding carboxylic acids is 1. The number of benzene rings is 2. The third-order valence-corrected chi connectivity index (χ3v) is 6.92. The second kappa shape index (κ2) is 9.14. The van der Waals surface area contributed by atoms with Gasteiger partial charge >= 0.3 is 10.1 Å². The van der Waals surface area contributed by atoms with Crippen molar-refractivity contribution in [2.24, 2.45) is 0 Å². The van der Waals surface area contributed by atoms with Crippen molar-refractivity contribution in [1.82, 2.24) is 15.0 Å². The zero-order valence-corrected chi connectivity index (χ0v) is 19.0. The molecule has 0 atom stereocenters. The summed E-state index contributed by atoms with van der Waals surface area (Å²) in [7, 11) is -4.01. The van der Waals surface area contributed by atoms with Gasteiger partial charge in [-0.2, -0.15) is 8.42 Å². The fourth-order valence-electron chi connectivity index (χ4n) is 3.97. The number of carbonyl (C=O) groups is 1. The second-order valence-corrected chi connectivity index (χ2v) is 9.67. The molecule has 0 unspecified atom stereocenters. The fraction of sp³-hybridized carbons (Fsp3) is 0.208. The maximum atomic E-state index is 12.8. The third-order valence-electron chi connectivity index (χ3n) is 5.66. The van der Waals surface area contributed by atoms with Crippen LogP contribution in [-0.2, 0) is 10.1 Å². The minimum absolute atomic E-state index is 0.0671. The molecule has 10 heteroatoms. The summed E-state index contributed by atoms with van der Waals surface area (Å²) in [6.45, 7) is 0. The second-order valence-electron chi connectivity index (χ2n) is 8.12. The molecule has 0 aliphatic heterocycles. The van der Waals surface area contributed by atoms with Gasteiger partial charge in [0.1, 0.15) is 16.3 Å². The van der Waals surface area contributed by atoms with Gasteiger partial charge in [0, 0.05) is 24.0 Å². The summed E-state index contributed by atoms with van der Waals surface area (Å²) >= 11 is 0. The normalized spacial score (nSPS) is 14.2. The Labute approximate surface area is 196 Å². The smallest absolute Gasteiger partial charge is 0.339 e. The molecule has 5 rings (SSSR count). The van der Waals surface area contributed by atoms with E-state index in [0.29, 0.717) is 17.1 Å². The van der Waals surface area contributed by atoms with E-state index in [1.807, 2.05) is 0 Å². The highest BCUT2D eigenvalue weighted by molar-refractivity contribution is 7.87. The molecule has 2 heterocycles. The molecule has 1 amide bonds. The van der Waals surface area contributed by atoms with Crippen LogP contribution >= 0.6 is 0 Å². The van der Waals surface area contributed by atoms with Crippen molar-refractivity contribution in [3.8, 4) is 5.75 Å². The number of hydrogen-bond donors (Lipinski definition) is 3. The molecule has 1 fully saturated rings. The van der Waals surface area contributed by atoms with E-state index in [0.717, 1.165) is 18.5 Å². The minimum atomic E-state index is -4.01. The van der Waals surface area contributed by atoms with Crippen molar-refractivity contribution in [3.05, 3.63) is 72.6 Å². The maximum absolute atomic E-state index is 12.8. The van der Waals surface area contributed by atoms with Crippen molar-refractivity contribution >= 4 is 38.7 Å². The van der Waals surface area contributed by atoms with Crippen molar-refractivity contribution in [1.29, 1.82) is 0 Å². The number of rotatable bonds is 7. The van der Waals surface area contributed by atoms with E-state index < -0.39 is 16.0 Å². The van der Waals surface area contributed by atoms with E-state index in [9.17, 15) is 13.2 Å². The summed E-state index contributed by atoms with van der Waals surface area (Å²) < 4.78 is 30.9. The third kappa shape index (κ3) is 4.86. The number of H-pyrrole nitrogens is 1. The van der Waals surface area contributed by atoms with Crippen LogP contribution in [0.3, 0.4) is 0 Å². The van der Waals surface area contributed by atoms with Crippen LogP contribution in [0.25, 0.3) is 11.0 Å². The zero-order chi connectivity index (χ0) is 23.5. The first-order chi connectivity index (χ1) is 16.5. The summed E-state index contributed by atoms with van der Waals surface area (Å²) in [4.78, 5) is 23.6. The first-order valence-corrected chi connectivity index (χ1v) is 12.4. The quantitative estimate of drug-likeness (QED) is 0.338. The van der Waals surface area contributed by atoms with Crippen LogP contribution < -0.4 is 14.8 Å². The SMILES string of the molecule is O=C(Nc1nc2ccc(OS(=O)(=O)c3ccc(NC4CCCC4)cc3)cc2[nH]1)c1ccccn1. The number of amides is 1. The summed E-state index contributed by atoms with van der Waals surface area (Å²) in [5, 5.41) is 6.07. The predicted octanol–water partition coefficient (Wildman–Crippen LogP) is 4.33. The Balaban J connectivity index is 1.28. The minimum Gasteiger partial charge on any atom is -0.382 e. The van der Waals surface area contributed by atoms with E-state index in [1.165, 1.54) is 43.3 Å². The van der Waals surface area contributed by atoms with Gasteiger partial charge in [0.2, 0.25) is 5.95 Å². The van der Waals surface area contributed by atoms with Gasteiger partial charge in [-0.15, -0.1) is 0 Å². The highest BCUT2D eigenvalue weighted by Gasteiger charge is 2.19. The Morgan fingerprint density at radius 3 is 2.56 bits per heavy atom. The van der Waals surface area contributed by atoms with Gasteiger partial charge in [0.05, 0.1) is 11.0 Å². The average Bonchev–Trinajstić information content (AvgIpc) is 3.49. The molecule has 0 saturated heterocycles. The van der Waals surface area contributed by atoms with E-state index in [2.05, 4.69) is 25.6 Å². The largest absolute Gasteiger partial charge is 0.382 e. The predicted molar refractivity (Wildman–Crippen MR) is 128 cm³/mol. The molecular weight excluding hydrogens is 454 g/mol. The highest BCUT2D eigenvalue weighted by Crippen LogP contribution is 2.26. The first kappa shape index (κ1) is 21.9. The molecule has 2 aromatic heterocycles. The van der Waals surface area contributed by atoms with E-state index in [-0.39, 0.29) is 22.3 Å². The van der Waals surface area contributed by atoms with Crippen molar-refractivity contribution in [2.75, 3.05) is 10.6 Å². The lowest BCUT2D eigenvalue weighted by molar-refractivity contribution is 0.102. The number of imidazole rings is 1. The number of anilines is 2. The number of aromatic nitrogens is 3. The van der Waals surface area contributed by atoms with Gasteiger partial charge in [0.25, 0.3) is 5.91 Å². The van der Waals surface area contributed by atoms with Crippen LogP contribution in [-0.4, -0.2) is 35.3 Å². The molecule has 4 aromatic rings. The van der Waals surface area contributed by atoms with Gasteiger partial charge in [-0.3, -0.25) is 15.1 Å². The van der Waals surface area contributed by atoms with Gasteiger partial charge in [-0.25, -0.2) is 4.98 Å². The van der Waals surface area contributed by atoms with Crippen LogP contribution in [0.5, 0.6) is 5.75 Å². The summed E-state index contributed by atoms with van der Waals surface area (Å²) in [6.07, 6.45) is 6.23. The fourth-order valence-corrected chi connectivity index (χ4v) is 4.89. The molecule has 0 spiro atoms. The van der Waals surface area contributed by atoms with Crippen molar-refractivity contribution < 1.29 is 17.4 Å². The Bertz CT molecular complexity index is 1410. The van der Waals surface area contributed by atoms with Crippen LogP contribution in [0.1, 0.15) is 36.2 Å². The van der Waals surface area contributed by atoms with Crippen molar-refractivity contribution in [2.45, 2.75) is 36.6 Å². The molecule has 9 nitrogen and oxygen atoms in total. The topological polar surface area (TPSA) is 126 Å². The lowest BCUT2D eigenvalue weighted by Gasteiger charge is -2.14. The molecule has 3 N–H and O–H groups in total. The summed E-state index contributed by atoms with van der Waals surface area (Å²) in [5.41, 5.74) is 2.20. The van der Waals surface area contributed by atoms with Gasteiger partial charge in [-0.05, 0) is 61.4 Å². The van der Waals surface area contributed by atoms with E-state index >= 15 is 0 Å². The molecule has 1 aliphatic rings. The number of hydrogen-bond acceptors (Lipinski definition) is 7. The van der Waals surface area contributed by atoms with Crippen LogP contribution in [0.4, 0.5) is 11.6 Å². The molecular formula is C24H23N5O4S. The summed E-state index contributed by atoms with van der Waals surface area (Å²) in [5.74, 6) is -0.0625. The molecule has 0 radical (unpaired) electrons. The maximum Gasteiger partial charge on any atom is 0.339 e. The molecule has 34 heavy (non-hydrogen) atoms. The molecule has 1 aliphatic carbocycles. The Morgan fingerprint density at radius 1 is 1.03 bits per heavy atom. The Kier molecular flexibility index (Phi) is 5.89. The van der Waals surface area contributed by atoms with E-state index in [1.54, 1.807) is 36.4 Å². The Morgan fingerprint density at radius 2 is 1.82 bits per heavy atom. The van der Waals surface area contributed by atoms with E-state index in [4.69, 9.17) is 4.18 Å². The Hall–Kier alpha value is -3.92. The molecule has 1 saturated carbocycles. The van der Waals surface area contributed by atoms with Crippen LogP contribution in [0.15, 0.2) is 71.8 Å². The number of nitrogens with zero attached hydrogens (tertiary/aromatic N) is 2. The van der Waals surface area contributed by atoms with Crippen LogP contribution in [0, 0.1) is 0 Å². The summed E-state index contributed by atoms with van der Waals surface area (Å²) in [6, 6.07) is 16.7. The van der Waals surface area contributed by atoms with Gasteiger partial charge in [-0.1, -0.05) is 18.9 Å². The first-order valence-electron chi connectivity index (χ1n) is 11.0.